The molecule has 0 radical (unpaired) electrons. The van der Waals surface area contributed by atoms with Gasteiger partial charge in [-0.1, -0.05) is 19.9 Å². The van der Waals surface area contributed by atoms with Gasteiger partial charge < -0.3 is 15.8 Å². The van der Waals surface area contributed by atoms with Crippen LogP contribution < -0.4 is 11.1 Å². The van der Waals surface area contributed by atoms with Crippen LogP contribution in [0.25, 0.3) is 0 Å². The van der Waals surface area contributed by atoms with Crippen LogP contribution in [0.2, 0.25) is 0 Å². The van der Waals surface area contributed by atoms with Crippen LogP contribution in [0, 0.1) is 12.3 Å². The normalized spacial score (nSPS) is 16.6. The summed E-state index contributed by atoms with van der Waals surface area (Å²) in [5.74, 6) is -0.182. The van der Waals surface area contributed by atoms with Crippen molar-refractivity contribution < 1.29 is 17.9 Å². The van der Waals surface area contributed by atoms with Crippen molar-refractivity contribution in [3.8, 4) is 0 Å². The highest BCUT2D eigenvalue weighted by Gasteiger charge is 2.39. The molecule has 1 heterocycles. The molecule has 1 fully saturated rings. The number of amides is 1. The second kappa shape index (κ2) is 9.84. The Labute approximate surface area is 168 Å². The van der Waals surface area contributed by atoms with Gasteiger partial charge in [0.05, 0.1) is 10.3 Å². The lowest BCUT2D eigenvalue weighted by molar-refractivity contribution is -0.130. The number of rotatable bonds is 7. The van der Waals surface area contributed by atoms with Gasteiger partial charge in [-0.2, -0.15) is 4.31 Å². The smallest absolute Gasteiger partial charge is 0.243 e. The number of nitrogens with two attached hydrogens (primary N) is 1. The Morgan fingerprint density at radius 1 is 1.26 bits per heavy atom. The molecule has 1 aliphatic rings. The maximum Gasteiger partial charge on any atom is 0.243 e. The van der Waals surface area contributed by atoms with Crippen LogP contribution in [0.15, 0.2) is 23.1 Å². The average molecular weight is 420 g/mol. The number of sulfonamides is 1. The van der Waals surface area contributed by atoms with E-state index < -0.39 is 15.4 Å². The number of hydrogen-bond acceptors (Lipinski definition) is 5. The molecule has 0 bridgehead atoms. The number of benzene rings is 1. The standard InChI is InChI=1S/C18H29N3O4S.ClH/c1-4-21(5-2)26(23,24)16-12-15(7-6-14(16)3)20-17(22)18(13-19)8-10-25-11-9-18;/h6-7,12H,4-5,8-11,13,19H2,1-3H3,(H,20,22);1H. The number of nitrogens with one attached hydrogen (secondary N) is 1. The van der Waals surface area contributed by atoms with E-state index in [1.54, 1.807) is 32.9 Å². The number of carbonyl (C=O) groups excluding carboxylic acids is 1. The molecule has 1 aliphatic heterocycles. The molecule has 2 rings (SSSR count). The van der Waals surface area contributed by atoms with Crippen molar-refractivity contribution in [2.45, 2.75) is 38.5 Å². The SMILES string of the molecule is CCN(CC)S(=O)(=O)c1cc(NC(=O)C2(CN)CCOCC2)ccc1C.Cl. The Morgan fingerprint density at radius 3 is 2.37 bits per heavy atom. The monoisotopic (exact) mass is 419 g/mol. The summed E-state index contributed by atoms with van der Waals surface area (Å²) in [6.07, 6.45) is 1.12. The van der Waals surface area contributed by atoms with Gasteiger partial charge in [-0.15, -0.1) is 12.4 Å². The van der Waals surface area contributed by atoms with Crippen molar-refractivity contribution in [3.63, 3.8) is 0 Å². The number of nitrogens with zero attached hydrogens (tertiary/aromatic N) is 1. The van der Waals surface area contributed by atoms with Crippen molar-refractivity contribution in [2.75, 3.05) is 38.2 Å². The lowest BCUT2D eigenvalue weighted by Gasteiger charge is -2.34. The van der Waals surface area contributed by atoms with Crippen molar-refractivity contribution in [2.24, 2.45) is 11.1 Å². The van der Waals surface area contributed by atoms with E-state index >= 15 is 0 Å². The first-order valence-corrected chi connectivity index (χ1v) is 10.4. The van der Waals surface area contributed by atoms with Gasteiger partial charge in [0.25, 0.3) is 0 Å². The van der Waals surface area contributed by atoms with E-state index in [2.05, 4.69) is 5.32 Å². The van der Waals surface area contributed by atoms with Gasteiger partial charge in [-0.05, 0) is 37.5 Å². The summed E-state index contributed by atoms with van der Waals surface area (Å²) in [7, 11) is -3.60. The Hall–Kier alpha value is -1.19. The zero-order valence-corrected chi connectivity index (χ0v) is 17.8. The fourth-order valence-corrected chi connectivity index (χ4v) is 4.92. The van der Waals surface area contributed by atoms with Gasteiger partial charge in [0.1, 0.15) is 0 Å². The van der Waals surface area contributed by atoms with E-state index in [4.69, 9.17) is 10.5 Å². The topological polar surface area (TPSA) is 102 Å². The molecular weight excluding hydrogens is 390 g/mol. The zero-order valence-electron chi connectivity index (χ0n) is 16.2. The minimum atomic E-state index is -3.60. The summed E-state index contributed by atoms with van der Waals surface area (Å²) in [5, 5.41) is 2.86. The van der Waals surface area contributed by atoms with Gasteiger partial charge in [0, 0.05) is 38.5 Å². The summed E-state index contributed by atoms with van der Waals surface area (Å²) >= 11 is 0. The number of ether oxygens (including phenoxy) is 1. The van der Waals surface area contributed by atoms with Crippen molar-refractivity contribution in [3.05, 3.63) is 23.8 Å². The molecule has 0 spiro atoms. The number of hydrogen-bond donors (Lipinski definition) is 2. The molecule has 7 nitrogen and oxygen atoms in total. The minimum Gasteiger partial charge on any atom is -0.381 e. The van der Waals surface area contributed by atoms with Gasteiger partial charge in [0.2, 0.25) is 15.9 Å². The average Bonchev–Trinajstić information content (AvgIpc) is 2.64. The maximum atomic E-state index is 12.9. The third kappa shape index (κ3) is 5.00. The van der Waals surface area contributed by atoms with Crippen LogP contribution in [-0.2, 0) is 19.6 Å². The van der Waals surface area contributed by atoms with Crippen LogP contribution >= 0.6 is 12.4 Å². The number of halogens is 1. The van der Waals surface area contributed by atoms with Gasteiger partial charge in [-0.3, -0.25) is 4.79 Å². The minimum absolute atomic E-state index is 0. The van der Waals surface area contributed by atoms with Gasteiger partial charge in [0.15, 0.2) is 0 Å². The highest BCUT2D eigenvalue weighted by atomic mass is 35.5. The van der Waals surface area contributed by atoms with E-state index in [1.807, 2.05) is 0 Å². The first kappa shape index (κ1) is 23.8. The second-order valence-corrected chi connectivity index (χ2v) is 8.53. The lowest BCUT2D eigenvalue weighted by atomic mass is 9.79. The van der Waals surface area contributed by atoms with Crippen LogP contribution in [0.1, 0.15) is 32.3 Å². The highest BCUT2D eigenvalue weighted by Crippen LogP contribution is 2.31. The molecule has 9 heteroatoms. The molecule has 0 atom stereocenters. The molecular formula is C18H30ClN3O4S. The molecule has 3 N–H and O–H groups in total. The summed E-state index contributed by atoms with van der Waals surface area (Å²) in [5.41, 5.74) is 6.32. The highest BCUT2D eigenvalue weighted by molar-refractivity contribution is 7.89. The van der Waals surface area contributed by atoms with E-state index in [-0.39, 0.29) is 29.8 Å². The Kier molecular flexibility index (Phi) is 8.69. The quantitative estimate of drug-likeness (QED) is 0.704. The van der Waals surface area contributed by atoms with E-state index in [1.165, 1.54) is 10.4 Å². The van der Waals surface area contributed by atoms with E-state index in [0.717, 1.165) is 0 Å². The molecule has 27 heavy (non-hydrogen) atoms. The Bertz CT molecular complexity index is 745. The molecule has 1 amide bonds. The molecule has 1 aromatic carbocycles. The zero-order chi connectivity index (χ0) is 19.4. The van der Waals surface area contributed by atoms with Crippen LogP contribution in [0.5, 0.6) is 0 Å². The van der Waals surface area contributed by atoms with Crippen LogP contribution in [0.3, 0.4) is 0 Å². The first-order valence-electron chi connectivity index (χ1n) is 9.01. The third-order valence-electron chi connectivity index (χ3n) is 5.09. The summed E-state index contributed by atoms with van der Waals surface area (Å²) < 4.78 is 32.4. The van der Waals surface area contributed by atoms with Crippen molar-refractivity contribution in [1.82, 2.24) is 4.31 Å². The largest absolute Gasteiger partial charge is 0.381 e. The lowest BCUT2D eigenvalue weighted by Crippen LogP contribution is -2.46. The number of anilines is 1. The number of carbonyl (C=O) groups is 1. The fraction of sp³-hybridized carbons (Fsp3) is 0.611. The third-order valence-corrected chi connectivity index (χ3v) is 7.28. The van der Waals surface area contributed by atoms with Crippen LogP contribution in [-0.4, -0.2) is 51.5 Å². The van der Waals surface area contributed by atoms with E-state index in [9.17, 15) is 13.2 Å². The van der Waals surface area contributed by atoms with Crippen molar-refractivity contribution in [1.29, 1.82) is 0 Å². The maximum absolute atomic E-state index is 12.9. The van der Waals surface area contributed by atoms with Crippen molar-refractivity contribution >= 4 is 34.0 Å². The molecule has 1 aromatic rings. The van der Waals surface area contributed by atoms with Crippen LogP contribution in [0.4, 0.5) is 5.69 Å². The fourth-order valence-electron chi connectivity index (χ4n) is 3.21. The summed E-state index contributed by atoms with van der Waals surface area (Å²) in [6, 6.07) is 4.97. The van der Waals surface area contributed by atoms with Gasteiger partial charge in [-0.25, -0.2) is 8.42 Å². The number of aryl methyl sites for hydroxylation is 1. The second-order valence-electron chi connectivity index (χ2n) is 6.62. The Morgan fingerprint density at radius 2 is 1.85 bits per heavy atom. The molecule has 0 unspecified atom stereocenters. The Balaban J connectivity index is 0.00000364. The predicted octanol–water partition coefficient (Wildman–Crippen LogP) is 2.14. The molecule has 0 saturated carbocycles. The molecule has 1 saturated heterocycles. The predicted molar refractivity (Wildman–Crippen MR) is 109 cm³/mol. The molecule has 154 valence electrons. The van der Waals surface area contributed by atoms with Gasteiger partial charge >= 0.3 is 0 Å². The summed E-state index contributed by atoms with van der Waals surface area (Å²) in [4.78, 5) is 13.0. The summed E-state index contributed by atoms with van der Waals surface area (Å²) in [6.45, 7) is 7.38. The molecule has 0 aromatic heterocycles. The molecule has 0 aliphatic carbocycles. The first-order chi connectivity index (χ1) is 12.3. The van der Waals surface area contributed by atoms with E-state index in [0.29, 0.717) is 50.4 Å².